The molecule has 106 valence electrons. The SMILES string of the molecule is COCC(O)CNc1nc(NN)nc(C)c1[N+](=O)[O-]. The fourth-order valence-corrected chi connectivity index (χ4v) is 1.44. The number of rotatable bonds is 7. The summed E-state index contributed by atoms with van der Waals surface area (Å²) in [5.41, 5.74) is 2.12. The number of hydrazine groups is 1. The van der Waals surface area contributed by atoms with Crippen molar-refractivity contribution < 1.29 is 14.8 Å². The Morgan fingerprint density at radius 3 is 2.79 bits per heavy atom. The van der Waals surface area contributed by atoms with E-state index in [0.717, 1.165) is 0 Å². The molecule has 0 amide bonds. The first-order chi connectivity index (χ1) is 8.99. The van der Waals surface area contributed by atoms with E-state index in [9.17, 15) is 15.2 Å². The van der Waals surface area contributed by atoms with E-state index < -0.39 is 11.0 Å². The predicted octanol–water partition coefficient (Wildman–Crippen LogP) is -0.602. The summed E-state index contributed by atoms with van der Waals surface area (Å²) in [5, 5.41) is 23.1. The number of aliphatic hydroxyl groups excluding tert-OH is 1. The molecule has 1 heterocycles. The van der Waals surface area contributed by atoms with Crippen LogP contribution in [-0.4, -0.2) is 46.4 Å². The van der Waals surface area contributed by atoms with Crippen LogP contribution in [0.25, 0.3) is 0 Å². The molecule has 1 unspecified atom stereocenters. The van der Waals surface area contributed by atoms with Gasteiger partial charge in [0.15, 0.2) is 0 Å². The molecular weight excluding hydrogens is 256 g/mol. The van der Waals surface area contributed by atoms with Gasteiger partial charge in [0.1, 0.15) is 5.69 Å². The van der Waals surface area contributed by atoms with E-state index in [-0.39, 0.29) is 36.3 Å². The zero-order valence-corrected chi connectivity index (χ0v) is 10.6. The first-order valence-corrected chi connectivity index (χ1v) is 5.40. The molecule has 5 N–H and O–H groups in total. The molecule has 0 aliphatic heterocycles. The van der Waals surface area contributed by atoms with Crippen molar-refractivity contribution in [2.45, 2.75) is 13.0 Å². The second kappa shape index (κ2) is 6.78. The number of aromatic nitrogens is 2. The van der Waals surface area contributed by atoms with Gasteiger partial charge in [-0.1, -0.05) is 0 Å². The van der Waals surface area contributed by atoms with E-state index >= 15 is 0 Å². The van der Waals surface area contributed by atoms with Crippen molar-refractivity contribution >= 4 is 17.5 Å². The Labute approximate surface area is 109 Å². The number of nitrogens with one attached hydrogen (secondary N) is 2. The number of ether oxygens (including phenoxy) is 1. The second-order valence-corrected chi connectivity index (χ2v) is 3.72. The predicted molar refractivity (Wildman–Crippen MR) is 67.6 cm³/mol. The van der Waals surface area contributed by atoms with Gasteiger partial charge in [-0.3, -0.25) is 15.5 Å². The number of nitrogen functional groups attached to an aromatic ring is 1. The van der Waals surface area contributed by atoms with Gasteiger partial charge in [0.25, 0.3) is 0 Å². The highest BCUT2D eigenvalue weighted by molar-refractivity contribution is 5.60. The highest BCUT2D eigenvalue weighted by atomic mass is 16.6. The molecule has 0 saturated carbocycles. The molecule has 0 radical (unpaired) electrons. The van der Waals surface area contributed by atoms with Crippen LogP contribution < -0.4 is 16.6 Å². The number of nitrogens with zero attached hydrogens (tertiary/aromatic N) is 3. The number of aliphatic hydroxyl groups is 1. The highest BCUT2D eigenvalue weighted by Gasteiger charge is 2.22. The van der Waals surface area contributed by atoms with Crippen LogP contribution in [0.1, 0.15) is 5.69 Å². The zero-order chi connectivity index (χ0) is 14.4. The summed E-state index contributed by atoms with van der Waals surface area (Å²) in [4.78, 5) is 18.0. The summed E-state index contributed by atoms with van der Waals surface area (Å²) in [6.07, 6.45) is -0.811. The fourth-order valence-electron chi connectivity index (χ4n) is 1.44. The van der Waals surface area contributed by atoms with Gasteiger partial charge in [0, 0.05) is 13.7 Å². The maximum Gasteiger partial charge on any atom is 0.332 e. The van der Waals surface area contributed by atoms with Crippen LogP contribution in [-0.2, 0) is 4.74 Å². The molecule has 1 rings (SSSR count). The van der Waals surface area contributed by atoms with Crippen LogP contribution >= 0.6 is 0 Å². The van der Waals surface area contributed by atoms with Gasteiger partial charge >= 0.3 is 5.69 Å². The van der Waals surface area contributed by atoms with Gasteiger partial charge in [-0.2, -0.15) is 4.98 Å². The van der Waals surface area contributed by atoms with Gasteiger partial charge in [-0.15, -0.1) is 0 Å². The Balaban J connectivity index is 2.96. The Kier molecular flexibility index (Phi) is 5.36. The topological polar surface area (TPSA) is 148 Å². The maximum atomic E-state index is 11.0. The summed E-state index contributed by atoms with van der Waals surface area (Å²) >= 11 is 0. The van der Waals surface area contributed by atoms with E-state index in [0.29, 0.717) is 0 Å². The molecule has 10 nitrogen and oxygen atoms in total. The summed E-state index contributed by atoms with van der Waals surface area (Å²) < 4.78 is 4.75. The van der Waals surface area contributed by atoms with Crippen LogP contribution in [0.2, 0.25) is 0 Å². The van der Waals surface area contributed by atoms with Crippen LogP contribution in [0.3, 0.4) is 0 Å². The average molecular weight is 272 g/mol. The summed E-state index contributed by atoms with van der Waals surface area (Å²) in [7, 11) is 1.44. The lowest BCUT2D eigenvalue weighted by atomic mass is 10.3. The molecule has 0 bridgehead atoms. The normalized spacial score (nSPS) is 12.0. The number of nitrogens with two attached hydrogens (primary N) is 1. The van der Waals surface area contributed by atoms with Crippen molar-refractivity contribution in [2.75, 3.05) is 31.0 Å². The molecule has 10 heteroatoms. The van der Waals surface area contributed by atoms with E-state index in [1.165, 1.54) is 14.0 Å². The minimum atomic E-state index is -0.811. The standard InChI is InChI=1S/C9H16N6O4/c1-5-7(15(17)18)8(13-9(12-5)14-10)11-3-6(16)4-19-2/h6,16H,3-4,10H2,1-2H3,(H2,11,12,13,14). The minimum Gasteiger partial charge on any atom is -0.389 e. The van der Waals surface area contributed by atoms with Crippen molar-refractivity contribution in [2.24, 2.45) is 5.84 Å². The van der Waals surface area contributed by atoms with Crippen molar-refractivity contribution in [1.29, 1.82) is 0 Å². The molecule has 1 aromatic rings. The van der Waals surface area contributed by atoms with E-state index in [1.54, 1.807) is 0 Å². The van der Waals surface area contributed by atoms with Gasteiger partial charge in [0.2, 0.25) is 11.8 Å². The molecule has 0 fully saturated rings. The first kappa shape index (κ1) is 15.0. The van der Waals surface area contributed by atoms with Gasteiger partial charge in [0.05, 0.1) is 17.6 Å². The van der Waals surface area contributed by atoms with Crippen LogP contribution in [0.5, 0.6) is 0 Å². The number of nitro groups is 1. The Morgan fingerprint density at radius 2 is 2.26 bits per heavy atom. The monoisotopic (exact) mass is 272 g/mol. The van der Waals surface area contributed by atoms with Crippen LogP contribution in [0.4, 0.5) is 17.5 Å². The van der Waals surface area contributed by atoms with Crippen molar-refractivity contribution in [1.82, 2.24) is 9.97 Å². The number of hydrogen-bond donors (Lipinski definition) is 4. The van der Waals surface area contributed by atoms with E-state index in [1.807, 2.05) is 0 Å². The summed E-state index contributed by atoms with van der Waals surface area (Å²) in [6, 6.07) is 0. The van der Waals surface area contributed by atoms with E-state index in [2.05, 4.69) is 20.7 Å². The smallest absolute Gasteiger partial charge is 0.332 e. The van der Waals surface area contributed by atoms with Crippen LogP contribution in [0, 0.1) is 17.0 Å². The molecule has 1 aromatic heterocycles. The third kappa shape index (κ3) is 3.98. The lowest BCUT2D eigenvalue weighted by Crippen LogP contribution is -2.25. The largest absolute Gasteiger partial charge is 0.389 e. The number of aryl methyl sites for hydroxylation is 1. The molecule has 0 aliphatic carbocycles. The quantitative estimate of drug-likeness (QED) is 0.290. The zero-order valence-electron chi connectivity index (χ0n) is 10.6. The minimum absolute atomic E-state index is 0.0133. The lowest BCUT2D eigenvalue weighted by Gasteiger charge is -2.12. The molecule has 0 aliphatic rings. The molecule has 1 atom stereocenters. The van der Waals surface area contributed by atoms with Gasteiger partial charge < -0.3 is 15.2 Å². The number of hydrogen-bond acceptors (Lipinski definition) is 9. The average Bonchev–Trinajstić information content (AvgIpc) is 2.35. The third-order valence-electron chi connectivity index (χ3n) is 2.23. The molecule has 0 saturated heterocycles. The summed E-state index contributed by atoms with van der Waals surface area (Å²) in [6.45, 7) is 1.62. The number of methoxy groups -OCH3 is 1. The van der Waals surface area contributed by atoms with Gasteiger partial charge in [-0.25, -0.2) is 10.8 Å². The van der Waals surface area contributed by atoms with Crippen LogP contribution in [0.15, 0.2) is 0 Å². The Hall–Kier alpha value is -2.04. The third-order valence-corrected chi connectivity index (χ3v) is 2.23. The summed E-state index contributed by atoms with van der Waals surface area (Å²) in [5.74, 6) is 5.21. The molecule has 0 aromatic carbocycles. The fraction of sp³-hybridized carbons (Fsp3) is 0.556. The highest BCUT2D eigenvalue weighted by Crippen LogP contribution is 2.26. The van der Waals surface area contributed by atoms with Crippen molar-refractivity contribution in [3.8, 4) is 0 Å². The molecule has 19 heavy (non-hydrogen) atoms. The molecule has 0 spiro atoms. The maximum absolute atomic E-state index is 11.0. The number of anilines is 2. The first-order valence-electron chi connectivity index (χ1n) is 5.40. The Morgan fingerprint density at radius 1 is 1.58 bits per heavy atom. The second-order valence-electron chi connectivity index (χ2n) is 3.72. The van der Waals surface area contributed by atoms with E-state index in [4.69, 9.17) is 10.6 Å². The van der Waals surface area contributed by atoms with Crippen molar-refractivity contribution in [3.05, 3.63) is 15.8 Å². The Bertz CT molecular complexity index is 455. The van der Waals surface area contributed by atoms with Gasteiger partial charge in [-0.05, 0) is 6.92 Å². The van der Waals surface area contributed by atoms with Crippen molar-refractivity contribution in [3.63, 3.8) is 0 Å². The molecular formula is C9H16N6O4. The lowest BCUT2D eigenvalue weighted by molar-refractivity contribution is -0.385.